The van der Waals surface area contributed by atoms with Gasteiger partial charge in [-0.15, -0.1) is 0 Å². The van der Waals surface area contributed by atoms with Crippen LogP contribution < -0.4 is 0 Å². The summed E-state index contributed by atoms with van der Waals surface area (Å²) in [5.41, 5.74) is -0.0434. The fourth-order valence-corrected chi connectivity index (χ4v) is 1.88. The van der Waals surface area contributed by atoms with Crippen LogP contribution in [0.5, 0.6) is 0 Å². The summed E-state index contributed by atoms with van der Waals surface area (Å²) in [6.45, 7) is 1.61. The lowest BCUT2D eigenvalue weighted by Crippen LogP contribution is -2.10. The molecule has 0 fully saturated rings. The van der Waals surface area contributed by atoms with Crippen LogP contribution in [0.25, 0.3) is 0 Å². The number of carbonyl (C=O) groups is 2. The highest BCUT2D eigenvalue weighted by Gasteiger charge is 2.23. The summed E-state index contributed by atoms with van der Waals surface area (Å²) in [4.78, 5) is 34.2. The van der Waals surface area contributed by atoms with E-state index in [2.05, 4.69) is 0 Å². The standard InChI is InChI=1S/C14H11NO5/c1-9-10(6-7-20-9)13(16)8-14(17)11-4-2-3-5-12(11)15(18)19/h2-7H,8H2,1H3. The van der Waals surface area contributed by atoms with Crippen molar-refractivity contribution in [2.45, 2.75) is 13.3 Å². The number of furan rings is 1. The maximum atomic E-state index is 12.0. The minimum absolute atomic E-state index is 0.0630. The van der Waals surface area contributed by atoms with E-state index in [1.165, 1.54) is 36.6 Å². The highest BCUT2D eigenvalue weighted by Crippen LogP contribution is 2.21. The zero-order chi connectivity index (χ0) is 14.7. The maximum Gasteiger partial charge on any atom is 0.280 e. The van der Waals surface area contributed by atoms with Gasteiger partial charge in [-0.1, -0.05) is 12.1 Å². The molecule has 1 aromatic heterocycles. The molecule has 1 heterocycles. The molecule has 0 aliphatic rings. The third-order valence-corrected chi connectivity index (χ3v) is 2.88. The topological polar surface area (TPSA) is 90.4 Å². The van der Waals surface area contributed by atoms with Gasteiger partial charge in [-0.05, 0) is 19.1 Å². The van der Waals surface area contributed by atoms with Gasteiger partial charge in [0.25, 0.3) is 5.69 Å². The van der Waals surface area contributed by atoms with Gasteiger partial charge in [-0.2, -0.15) is 0 Å². The molecular formula is C14H11NO5. The molecule has 0 amide bonds. The number of Topliss-reactive ketones (excluding diaryl/α,β-unsaturated/α-hetero) is 2. The molecular weight excluding hydrogens is 262 g/mol. The van der Waals surface area contributed by atoms with E-state index >= 15 is 0 Å². The van der Waals surface area contributed by atoms with Crippen LogP contribution in [0, 0.1) is 17.0 Å². The van der Waals surface area contributed by atoms with Gasteiger partial charge in [0.2, 0.25) is 0 Å². The second-order valence-electron chi connectivity index (χ2n) is 4.19. The first-order chi connectivity index (χ1) is 9.50. The Labute approximate surface area is 114 Å². The van der Waals surface area contributed by atoms with Crippen molar-refractivity contribution in [3.05, 3.63) is 63.6 Å². The lowest BCUT2D eigenvalue weighted by molar-refractivity contribution is -0.385. The molecule has 6 nitrogen and oxygen atoms in total. The molecule has 6 heteroatoms. The molecule has 0 saturated carbocycles. The first kappa shape index (κ1) is 13.7. The molecule has 0 spiro atoms. The quantitative estimate of drug-likeness (QED) is 0.361. The summed E-state index contributed by atoms with van der Waals surface area (Å²) in [6.07, 6.45) is 0.934. The Morgan fingerprint density at radius 1 is 1.15 bits per heavy atom. The molecule has 0 N–H and O–H groups in total. The number of ketones is 2. The largest absolute Gasteiger partial charge is 0.469 e. The van der Waals surface area contributed by atoms with E-state index in [0.717, 1.165) is 0 Å². The number of hydrogen-bond acceptors (Lipinski definition) is 5. The van der Waals surface area contributed by atoms with Gasteiger partial charge in [0.1, 0.15) is 5.76 Å². The first-order valence-corrected chi connectivity index (χ1v) is 5.84. The van der Waals surface area contributed by atoms with E-state index < -0.39 is 22.9 Å². The molecule has 1 aromatic carbocycles. The molecule has 0 saturated heterocycles. The molecule has 102 valence electrons. The van der Waals surface area contributed by atoms with Gasteiger partial charge < -0.3 is 4.42 Å². The van der Waals surface area contributed by atoms with E-state index in [1.54, 1.807) is 6.92 Å². The fourth-order valence-electron chi connectivity index (χ4n) is 1.88. The summed E-state index contributed by atoms with van der Waals surface area (Å²) in [5, 5.41) is 10.8. The van der Waals surface area contributed by atoms with Crippen molar-refractivity contribution >= 4 is 17.3 Å². The highest BCUT2D eigenvalue weighted by molar-refractivity contribution is 6.15. The van der Waals surface area contributed by atoms with Gasteiger partial charge in [0.15, 0.2) is 11.6 Å². The lowest BCUT2D eigenvalue weighted by atomic mass is 10.0. The second-order valence-corrected chi connectivity index (χ2v) is 4.19. The third-order valence-electron chi connectivity index (χ3n) is 2.88. The van der Waals surface area contributed by atoms with Crippen molar-refractivity contribution in [2.75, 3.05) is 0 Å². The molecule has 0 aliphatic carbocycles. The number of nitro benzene ring substituents is 1. The van der Waals surface area contributed by atoms with E-state index in [-0.39, 0.29) is 11.3 Å². The number of rotatable bonds is 5. The molecule has 2 aromatic rings. The average Bonchev–Trinajstić information content (AvgIpc) is 2.85. The first-order valence-electron chi connectivity index (χ1n) is 5.84. The Bertz CT molecular complexity index is 686. The molecule has 0 bridgehead atoms. The Hall–Kier alpha value is -2.76. The van der Waals surface area contributed by atoms with Crippen molar-refractivity contribution < 1.29 is 18.9 Å². The monoisotopic (exact) mass is 273 g/mol. The zero-order valence-electron chi connectivity index (χ0n) is 10.7. The van der Waals surface area contributed by atoms with Crippen LogP contribution in [0.1, 0.15) is 32.9 Å². The maximum absolute atomic E-state index is 12.0. The van der Waals surface area contributed by atoms with Gasteiger partial charge >= 0.3 is 0 Å². The number of para-hydroxylation sites is 1. The number of benzene rings is 1. The van der Waals surface area contributed by atoms with Crippen LogP contribution in [-0.2, 0) is 0 Å². The van der Waals surface area contributed by atoms with Crippen molar-refractivity contribution in [3.63, 3.8) is 0 Å². The van der Waals surface area contributed by atoms with Gasteiger partial charge in [-0.3, -0.25) is 19.7 Å². The van der Waals surface area contributed by atoms with Crippen molar-refractivity contribution in [1.82, 2.24) is 0 Å². The molecule has 0 unspecified atom stereocenters. The van der Waals surface area contributed by atoms with Crippen molar-refractivity contribution in [2.24, 2.45) is 0 Å². The van der Waals surface area contributed by atoms with Gasteiger partial charge in [-0.25, -0.2) is 0 Å². The number of carbonyl (C=O) groups excluding carboxylic acids is 2. The predicted octanol–water partition coefficient (Wildman–Crippen LogP) is 2.95. The number of nitrogens with zero attached hydrogens (tertiary/aromatic N) is 1. The van der Waals surface area contributed by atoms with Crippen molar-refractivity contribution in [3.8, 4) is 0 Å². The summed E-state index contributed by atoms with van der Waals surface area (Å²) < 4.78 is 4.99. The second kappa shape index (κ2) is 5.48. The number of nitro groups is 1. The van der Waals surface area contributed by atoms with E-state index in [1.807, 2.05) is 0 Å². The Morgan fingerprint density at radius 3 is 2.40 bits per heavy atom. The van der Waals surface area contributed by atoms with Gasteiger partial charge in [0.05, 0.1) is 28.7 Å². The summed E-state index contributed by atoms with van der Waals surface area (Å²) in [5.74, 6) is -0.576. The smallest absolute Gasteiger partial charge is 0.280 e. The lowest BCUT2D eigenvalue weighted by Gasteiger charge is -2.01. The van der Waals surface area contributed by atoms with Crippen LogP contribution in [-0.4, -0.2) is 16.5 Å². The molecule has 2 rings (SSSR count). The zero-order valence-corrected chi connectivity index (χ0v) is 10.7. The normalized spacial score (nSPS) is 10.2. The highest BCUT2D eigenvalue weighted by atomic mass is 16.6. The summed E-state index contributed by atoms with van der Waals surface area (Å²) in [7, 11) is 0. The van der Waals surface area contributed by atoms with Crippen LogP contribution in [0.2, 0.25) is 0 Å². The summed E-state index contributed by atoms with van der Waals surface area (Å²) >= 11 is 0. The fraction of sp³-hybridized carbons (Fsp3) is 0.143. The summed E-state index contributed by atoms with van der Waals surface area (Å²) in [6, 6.07) is 7.05. The molecule has 0 atom stereocenters. The van der Waals surface area contributed by atoms with Crippen LogP contribution in [0.15, 0.2) is 41.0 Å². The SMILES string of the molecule is Cc1occc1C(=O)CC(=O)c1ccccc1[N+](=O)[O-]. The predicted molar refractivity (Wildman–Crippen MR) is 69.8 cm³/mol. The van der Waals surface area contributed by atoms with E-state index in [9.17, 15) is 19.7 Å². The van der Waals surface area contributed by atoms with Crippen LogP contribution in [0.3, 0.4) is 0 Å². The number of aryl methyl sites for hydroxylation is 1. The molecule has 20 heavy (non-hydrogen) atoms. The molecule has 0 aliphatic heterocycles. The third kappa shape index (κ3) is 2.64. The Kier molecular flexibility index (Phi) is 3.74. The van der Waals surface area contributed by atoms with Crippen LogP contribution in [0.4, 0.5) is 5.69 Å². The number of hydrogen-bond donors (Lipinski definition) is 0. The Morgan fingerprint density at radius 2 is 1.80 bits per heavy atom. The minimum Gasteiger partial charge on any atom is -0.469 e. The Balaban J connectivity index is 2.23. The average molecular weight is 273 g/mol. The van der Waals surface area contributed by atoms with Gasteiger partial charge in [0, 0.05) is 6.07 Å². The van der Waals surface area contributed by atoms with E-state index in [4.69, 9.17) is 4.42 Å². The van der Waals surface area contributed by atoms with Crippen LogP contribution >= 0.6 is 0 Å². The minimum atomic E-state index is -0.638. The molecule has 0 radical (unpaired) electrons. The van der Waals surface area contributed by atoms with E-state index in [0.29, 0.717) is 11.3 Å². The van der Waals surface area contributed by atoms with Crippen molar-refractivity contribution in [1.29, 1.82) is 0 Å².